The molecule has 18 heavy (non-hydrogen) atoms. The van der Waals surface area contributed by atoms with Crippen LogP contribution in [0.3, 0.4) is 0 Å². The zero-order valence-electron chi connectivity index (χ0n) is 10.5. The lowest BCUT2D eigenvalue weighted by Gasteiger charge is -2.19. The highest BCUT2D eigenvalue weighted by molar-refractivity contribution is 7.07. The molecule has 96 valence electrons. The van der Waals surface area contributed by atoms with E-state index in [1.807, 2.05) is 12.1 Å². The summed E-state index contributed by atoms with van der Waals surface area (Å²) in [6.45, 7) is 3.20. The summed E-state index contributed by atoms with van der Waals surface area (Å²) in [6, 6.07) is 10.6. The maximum atomic E-state index is 6.30. The number of hydrogen-bond donors (Lipinski definition) is 1. The lowest BCUT2D eigenvalue weighted by molar-refractivity contribution is 0.530. The highest BCUT2D eigenvalue weighted by atomic mass is 35.5. The molecule has 1 N–H and O–H groups in total. The second-order valence-corrected chi connectivity index (χ2v) is 5.55. The van der Waals surface area contributed by atoms with E-state index in [9.17, 15) is 0 Å². The third-order valence-corrected chi connectivity index (χ3v) is 4.02. The molecular formula is C15H18ClNS. The molecule has 2 aromatic rings. The predicted molar refractivity (Wildman–Crippen MR) is 80.5 cm³/mol. The van der Waals surface area contributed by atoms with Gasteiger partial charge in [-0.2, -0.15) is 11.3 Å². The van der Waals surface area contributed by atoms with Crippen LogP contribution in [0.2, 0.25) is 5.02 Å². The van der Waals surface area contributed by atoms with Crippen LogP contribution in [-0.2, 0) is 6.42 Å². The molecule has 0 fully saturated rings. The second-order valence-electron chi connectivity index (χ2n) is 4.36. The fourth-order valence-electron chi connectivity index (χ4n) is 2.01. The molecule has 0 bridgehead atoms. The largest absolute Gasteiger partial charge is 0.310 e. The van der Waals surface area contributed by atoms with Crippen molar-refractivity contribution in [2.45, 2.75) is 25.8 Å². The quantitative estimate of drug-likeness (QED) is 0.809. The Labute approximate surface area is 118 Å². The molecule has 1 heterocycles. The Morgan fingerprint density at radius 1 is 1.28 bits per heavy atom. The van der Waals surface area contributed by atoms with Crippen molar-refractivity contribution >= 4 is 22.9 Å². The van der Waals surface area contributed by atoms with Crippen LogP contribution in [0.15, 0.2) is 41.1 Å². The van der Waals surface area contributed by atoms with Gasteiger partial charge >= 0.3 is 0 Å². The molecule has 1 unspecified atom stereocenters. The van der Waals surface area contributed by atoms with Crippen LogP contribution >= 0.6 is 22.9 Å². The summed E-state index contributed by atoms with van der Waals surface area (Å²) in [5.41, 5.74) is 2.56. The minimum Gasteiger partial charge on any atom is -0.310 e. The van der Waals surface area contributed by atoms with E-state index in [0.717, 1.165) is 24.4 Å². The standard InChI is InChI=1S/C15H18ClNS/c1-2-8-17-15(10-12-7-9-18-11-12)13-5-3-4-6-14(13)16/h3-7,9,11,15,17H,2,8,10H2,1H3. The minimum atomic E-state index is 0.299. The van der Waals surface area contributed by atoms with E-state index in [2.05, 4.69) is 41.2 Å². The molecule has 1 atom stereocenters. The summed E-state index contributed by atoms with van der Waals surface area (Å²) in [5, 5.41) is 8.76. The second kappa shape index (κ2) is 6.93. The summed E-state index contributed by atoms with van der Waals surface area (Å²) in [6.07, 6.45) is 2.12. The summed E-state index contributed by atoms with van der Waals surface area (Å²) in [5.74, 6) is 0. The summed E-state index contributed by atoms with van der Waals surface area (Å²) in [4.78, 5) is 0. The van der Waals surface area contributed by atoms with E-state index in [0.29, 0.717) is 6.04 Å². The zero-order valence-corrected chi connectivity index (χ0v) is 12.1. The minimum absolute atomic E-state index is 0.299. The van der Waals surface area contributed by atoms with Crippen molar-refractivity contribution in [3.63, 3.8) is 0 Å². The maximum Gasteiger partial charge on any atom is 0.0453 e. The summed E-state index contributed by atoms with van der Waals surface area (Å²) < 4.78 is 0. The molecule has 0 spiro atoms. The number of rotatable bonds is 6. The first kappa shape index (κ1) is 13.6. The Morgan fingerprint density at radius 2 is 2.11 bits per heavy atom. The van der Waals surface area contributed by atoms with Gasteiger partial charge in [0, 0.05) is 11.1 Å². The van der Waals surface area contributed by atoms with Crippen molar-refractivity contribution in [2.75, 3.05) is 6.54 Å². The van der Waals surface area contributed by atoms with Gasteiger partial charge in [-0.25, -0.2) is 0 Å². The van der Waals surface area contributed by atoms with Crippen LogP contribution in [0.4, 0.5) is 0 Å². The van der Waals surface area contributed by atoms with Gasteiger partial charge in [0.1, 0.15) is 0 Å². The third kappa shape index (κ3) is 3.58. The van der Waals surface area contributed by atoms with Gasteiger partial charge < -0.3 is 5.32 Å². The number of nitrogens with one attached hydrogen (secondary N) is 1. The molecule has 2 rings (SSSR count). The van der Waals surface area contributed by atoms with E-state index in [1.54, 1.807) is 11.3 Å². The van der Waals surface area contributed by atoms with Crippen LogP contribution in [-0.4, -0.2) is 6.54 Å². The van der Waals surface area contributed by atoms with E-state index >= 15 is 0 Å². The van der Waals surface area contributed by atoms with Crippen LogP contribution in [0.5, 0.6) is 0 Å². The fraction of sp³-hybridized carbons (Fsp3) is 0.333. The first-order valence-electron chi connectivity index (χ1n) is 6.30. The van der Waals surface area contributed by atoms with Gasteiger partial charge in [-0.3, -0.25) is 0 Å². The molecule has 1 nitrogen and oxygen atoms in total. The number of benzene rings is 1. The molecule has 0 saturated carbocycles. The van der Waals surface area contributed by atoms with Crippen molar-refractivity contribution in [1.29, 1.82) is 0 Å². The first-order valence-corrected chi connectivity index (χ1v) is 7.62. The van der Waals surface area contributed by atoms with Gasteiger partial charge in [-0.1, -0.05) is 36.7 Å². The van der Waals surface area contributed by atoms with Crippen molar-refractivity contribution in [2.24, 2.45) is 0 Å². The highest BCUT2D eigenvalue weighted by Gasteiger charge is 2.14. The van der Waals surface area contributed by atoms with Crippen LogP contribution in [0.25, 0.3) is 0 Å². The zero-order chi connectivity index (χ0) is 12.8. The number of hydrogen-bond acceptors (Lipinski definition) is 2. The fourth-order valence-corrected chi connectivity index (χ4v) is 2.96. The van der Waals surface area contributed by atoms with Crippen molar-refractivity contribution in [3.8, 4) is 0 Å². The Bertz CT molecular complexity index is 467. The Kier molecular flexibility index (Phi) is 5.24. The molecule has 3 heteroatoms. The molecule has 0 radical (unpaired) electrons. The van der Waals surface area contributed by atoms with Gasteiger partial charge in [-0.15, -0.1) is 0 Å². The summed E-state index contributed by atoms with van der Waals surface area (Å²) >= 11 is 8.04. The maximum absolute atomic E-state index is 6.30. The van der Waals surface area contributed by atoms with Crippen molar-refractivity contribution in [1.82, 2.24) is 5.32 Å². The molecule has 0 amide bonds. The topological polar surface area (TPSA) is 12.0 Å². The number of halogens is 1. The monoisotopic (exact) mass is 279 g/mol. The van der Waals surface area contributed by atoms with Crippen LogP contribution < -0.4 is 5.32 Å². The smallest absolute Gasteiger partial charge is 0.0453 e. The van der Waals surface area contributed by atoms with E-state index in [4.69, 9.17) is 11.6 Å². The Hall–Kier alpha value is -0.830. The SMILES string of the molecule is CCCNC(Cc1ccsc1)c1ccccc1Cl. The average molecular weight is 280 g/mol. The van der Waals surface area contributed by atoms with Crippen molar-refractivity contribution in [3.05, 3.63) is 57.2 Å². The van der Waals surface area contributed by atoms with Crippen LogP contribution in [0.1, 0.15) is 30.5 Å². The normalized spacial score (nSPS) is 12.6. The highest BCUT2D eigenvalue weighted by Crippen LogP contribution is 2.26. The number of thiophene rings is 1. The van der Waals surface area contributed by atoms with Gasteiger partial charge in [0.25, 0.3) is 0 Å². The molecule has 0 aliphatic rings. The van der Waals surface area contributed by atoms with Gasteiger partial charge in [-0.05, 0) is 53.4 Å². The van der Waals surface area contributed by atoms with E-state index in [1.165, 1.54) is 11.1 Å². The van der Waals surface area contributed by atoms with E-state index in [-0.39, 0.29) is 0 Å². The molecule has 0 saturated heterocycles. The third-order valence-electron chi connectivity index (χ3n) is 2.94. The van der Waals surface area contributed by atoms with Crippen LogP contribution in [0, 0.1) is 0 Å². The lowest BCUT2D eigenvalue weighted by atomic mass is 10.0. The predicted octanol–water partition coefficient (Wildman–Crippen LogP) is 4.68. The van der Waals surface area contributed by atoms with E-state index < -0.39 is 0 Å². The molecule has 1 aromatic carbocycles. The molecule has 0 aliphatic heterocycles. The van der Waals surface area contributed by atoms with Gasteiger partial charge in [0.15, 0.2) is 0 Å². The average Bonchev–Trinajstić information content (AvgIpc) is 2.88. The van der Waals surface area contributed by atoms with Crippen molar-refractivity contribution < 1.29 is 0 Å². The molecular weight excluding hydrogens is 262 g/mol. The summed E-state index contributed by atoms with van der Waals surface area (Å²) in [7, 11) is 0. The van der Waals surface area contributed by atoms with Gasteiger partial charge in [0.2, 0.25) is 0 Å². The first-order chi connectivity index (χ1) is 8.81. The Morgan fingerprint density at radius 3 is 2.78 bits per heavy atom. The molecule has 1 aromatic heterocycles. The molecule has 0 aliphatic carbocycles. The van der Waals surface area contributed by atoms with Gasteiger partial charge in [0.05, 0.1) is 0 Å². The Balaban J connectivity index is 2.16. The lowest BCUT2D eigenvalue weighted by Crippen LogP contribution is -2.24.